The van der Waals surface area contributed by atoms with E-state index in [1.807, 2.05) is 0 Å². The molecule has 2 aromatic rings. The molecular formula is C12H16BrN3O2S. The fourth-order valence-electron chi connectivity index (χ4n) is 2.57. The smallest absolute Gasteiger partial charge is 0.195 e. The van der Waals surface area contributed by atoms with Gasteiger partial charge in [-0.2, -0.15) is 0 Å². The molecule has 1 saturated heterocycles. The predicted octanol–water partition coefficient (Wildman–Crippen LogP) is 2.14. The van der Waals surface area contributed by atoms with E-state index in [0.717, 1.165) is 29.2 Å². The van der Waals surface area contributed by atoms with E-state index in [2.05, 4.69) is 36.8 Å². The van der Waals surface area contributed by atoms with Crippen LogP contribution in [0.1, 0.15) is 5.69 Å². The highest BCUT2D eigenvalue weighted by Crippen LogP contribution is 2.30. The third kappa shape index (κ3) is 2.18. The van der Waals surface area contributed by atoms with Crippen LogP contribution in [0, 0.1) is 0 Å². The van der Waals surface area contributed by atoms with Gasteiger partial charge in [-0.25, -0.2) is 4.98 Å². The van der Waals surface area contributed by atoms with Crippen molar-refractivity contribution in [1.29, 1.82) is 0 Å². The van der Waals surface area contributed by atoms with Crippen molar-refractivity contribution in [3.8, 4) is 0 Å². The number of alkyl halides is 1. The van der Waals surface area contributed by atoms with Gasteiger partial charge in [0.2, 0.25) is 0 Å². The zero-order valence-corrected chi connectivity index (χ0v) is 13.3. The van der Waals surface area contributed by atoms with Crippen molar-refractivity contribution in [3.05, 3.63) is 17.3 Å². The first kappa shape index (κ1) is 13.4. The molecule has 2 aromatic heterocycles. The average Bonchev–Trinajstić information content (AvgIpc) is 3.10. The van der Waals surface area contributed by atoms with Crippen LogP contribution in [0.2, 0.25) is 0 Å². The molecule has 2 unspecified atom stereocenters. The lowest BCUT2D eigenvalue weighted by Gasteiger charge is -2.16. The van der Waals surface area contributed by atoms with Crippen LogP contribution in [-0.2, 0) is 14.8 Å². The molecule has 0 aliphatic carbocycles. The minimum Gasteiger partial charge on any atom is -0.377 e. The number of nitrogens with zero attached hydrogens (tertiary/aromatic N) is 3. The number of fused-ring (bicyclic) bond motifs is 1. The van der Waals surface area contributed by atoms with Crippen molar-refractivity contribution < 1.29 is 9.47 Å². The Bertz CT molecular complexity index is 558. The van der Waals surface area contributed by atoms with E-state index >= 15 is 0 Å². The van der Waals surface area contributed by atoms with E-state index in [4.69, 9.17) is 14.5 Å². The number of aromatic nitrogens is 2. The molecule has 0 radical (unpaired) electrons. The van der Waals surface area contributed by atoms with Crippen molar-refractivity contribution in [3.63, 3.8) is 0 Å². The fourth-order valence-corrected chi connectivity index (χ4v) is 3.82. The second-order valence-electron chi connectivity index (χ2n) is 4.52. The summed E-state index contributed by atoms with van der Waals surface area (Å²) < 4.78 is 13.1. The first-order valence-electron chi connectivity index (χ1n) is 6.09. The van der Waals surface area contributed by atoms with Crippen LogP contribution >= 0.6 is 27.3 Å². The lowest BCUT2D eigenvalue weighted by Crippen LogP contribution is -2.27. The molecule has 0 aromatic carbocycles. The molecule has 5 nitrogen and oxygen atoms in total. The summed E-state index contributed by atoms with van der Waals surface area (Å²) in [4.78, 5) is 8.01. The maximum atomic E-state index is 5.49. The topological polar surface area (TPSA) is 39.0 Å². The third-order valence-corrected chi connectivity index (χ3v) is 4.87. The number of hydrogen-bond donors (Lipinski definition) is 0. The Morgan fingerprint density at radius 2 is 2.05 bits per heavy atom. The predicted molar refractivity (Wildman–Crippen MR) is 79.5 cm³/mol. The van der Waals surface area contributed by atoms with E-state index < -0.39 is 0 Å². The summed E-state index contributed by atoms with van der Waals surface area (Å²) in [5, 5.41) is 2.84. The van der Waals surface area contributed by atoms with Gasteiger partial charge >= 0.3 is 0 Å². The van der Waals surface area contributed by atoms with Crippen LogP contribution in [0.5, 0.6) is 0 Å². The van der Waals surface area contributed by atoms with Crippen LogP contribution in [0.3, 0.4) is 0 Å². The Hall–Kier alpha value is -0.630. The normalized spacial score (nSPS) is 23.6. The molecule has 0 saturated carbocycles. The summed E-state index contributed by atoms with van der Waals surface area (Å²) in [6.07, 6.45) is 2.27. The van der Waals surface area contributed by atoms with Gasteiger partial charge in [0.05, 0.1) is 5.69 Å². The van der Waals surface area contributed by atoms with Gasteiger partial charge in [0.1, 0.15) is 12.2 Å². The molecule has 19 heavy (non-hydrogen) atoms. The fraction of sp³-hybridized carbons (Fsp3) is 0.583. The molecule has 3 rings (SSSR count). The second kappa shape index (κ2) is 5.40. The second-order valence-corrected chi connectivity index (χ2v) is 5.96. The first-order valence-corrected chi connectivity index (χ1v) is 8.09. The number of halogens is 1. The van der Waals surface area contributed by atoms with Gasteiger partial charge in [0, 0.05) is 44.2 Å². The van der Waals surface area contributed by atoms with Crippen molar-refractivity contribution in [2.75, 3.05) is 32.2 Å². The zero-order valence-electron chi connectivity index (χ0n) is 10.9. The van der Waals surface area contributed by atoms with E-state index in [9.17, 15) is 0 Å². The van der Waals surface area contributed by atoms with E-state index in [-0.39, 0.29) is 12.2 Å². The summed E-state index contributed by atoms with van der Waals surface area (Å²) >= 11 is 5.21. The molecule has 0 bridgehead atoms. The molecule has 3 heterocycles. The van der Waals surface area contributed by atoms with Crippen molar-refractivity contribution >= 4 is 38.0 Å². The lowest BCUT2D eigenvalue weighted by molar-refractivity contribution is -0.00461. The number of imidazole rings is 1. The van der Waals surface area contributed by atoms with Crippen LogP contribution in [0.15, 0.2) is 11.6 Å². The van der Waals surface area contributed by atoms with Gasteiger partial charge in [0.25, 0.3) is 0 Å². The summed E-state index contributed by atoms with van der Waals surface area (Å²) in [6, 6.07) is 0. The monoisotopic (exact) mass is 345 g/mol. The van der Waals surface area contributed by atoms with Crippen LogP contribution in [0.4, 0.5) is 5.82 Å². The van der Waals surface area contributed by atoms with Gasteiger partial charge in [0.15, 0.2) is 10.8 Å². The largest absolute Gasteiger partial charge is 0.377 e. The van der Waals surface area contributed by atoms with E-state index in [1.165, 1.54) is 5.69 Å². The average molecular weight is 346 g/mol. The van der Waals surface area contributed by atoms with E-state index in [1.54, 1.807) is 25.6 Å². The first-order chi connectivity index (χ1) is 9.28. The molecule has 1 aliphatic heterocycles. The maximum Gasteiger partial charge on any atom is 0.195 e. The lowest BCUT2D eigenvalue weighted by atomic mass is 10.3. The van der Waals surface area contributed by atoms with E-state index in [0.29, 0.717) is 0 Å². The Balaban J connectivity index is 1.94. The van der Waals surface area contributed by atoms with Crippen LogP contribution < -0.4 is 4.90 Å². The summed E-state index contributed by atoms with van der Waals surface area (Å²) in [5.41, 5.74) is 1.18. The molecular weight excluding hydrogens is 330 g/mol. The minimum absolute atomic E-state index is 0.105. The number of hydrogen-bond acceptors (Lipinski definition) is 5. The van der Waals surface area contributed by atoms with Gasteiger partial charge in [-0.1, -0.05) is 15.9 Å². The van der Waals surface area contributed by atoms with Crippen molar-refractivity contribution in [2.45, 2.75) is 17.5 Å². The van der Waals surface area contributed by atoms with Crippen molar-refractivity contribution in [2.24, 2.45) is 0 Å². The summed E-state index contributed by atoms with van der Waals surface area (Å²) in [7, 11) is 3.47. The maximum absolute atomic E-state index is 5.49. The van der Waals surface area contributed by atoms with Crippen molar-refractivity contribution in [1.82, 2.24) is 9.38 Å². The number of rotatable bonds is 4. The SMILES string of the molecule is COC1CN(c2nc3sccn3c2CBr)CC1OC. The molecule has 104 valence electrons. The van der Waals surface area contributed by atoms with Crippen LogP contribution in [0.25, 0.3) is 4.96 Å². The Labute approximate surface area is 124 Å². The van der Waals surface area contributed by atoms with Crippen LogP contribution in [-0.4, -0.2) is 48.9 Å². The Kier molecular flexibility index (Phi) is 3.79. The zero-order chi connectivity index (χ0) is 13.4. The number of ether oxygens (including phenoxy) is 2. The highest BCUT2D eigenvalue weighted by atomic mass is 79.9. The number of anilines is 1. The molecule has 0 spiro atoms. The molecule has 1 fully saturated rings. The molecule has 1 aliphatic rings. The molecule has 7 heteroatoms. The third-order valence-electron chi connectivity index (χ3n) is 3.59. The summed E-state index contributed by atoms with van der Waals surface area (Å²) in [6.45, 7) is 1.64. The molecule has 0 N–H and O–H groups in total. The van der Waals surface area contributed by atoms with Gasteiger partial charge in [-0.05, 0) is 0 Å². The Morgan fingerprint density at radius 1 is 1.37 bits per heavy atom. The Morgan fingerprint density at radius 3 is 2.63 bits per heavy atom. The minimum atomic E-state index is 0.105. The highest BCUT2D eigenvalue weighted by Gasteiger charge is 2.35. The summed E-state index contributed by atoms with van der Waals surface area (Å²) in [5.74, 6) is 1.03. The molecule has 2 atom stereocenters. The van der Waals surface area contributed by atoms with Gasteiger partial charge in [-0.15, -0.1) is 11.3 Å². The van der Waals surface area contributed by atoms with Gasteiger partial charge < -0.3 is 14.4 Å². The highest BCUT2D eigenvalue weighted by molar-refractivity contribution is 9.08. The molecule has 0 amide bonds. The number of thiazole rings is 1. The number of methoxy groups -OCH3 is 2. The standard InChI is InChI=1S/C12H16BrN3O2S/c1-17-9-6-15(7-10(9)18-2)11-8(5-13)16-3-4-19-12(16)14-11/h3-4,9-10H,5-7H2,1-2H3. The van der Waals surface area contributed by atoms with Gasteiger partial charge in [-0.3, -0.25) is 4.40 Å². The quantitative estimate of drug-likeness (QED) is 0.796.